The molecule has 0 saturated heterocycles. The van der Waals surface area contributed by atoms with Crippen LogP contribution in [0.5, 0.6) is 0 Å². The zero-order valence-electron chi connectivity index (χ0n) is 16.0. The summed E-state index contributed by atoms with van der Waals surface area (Å²) in [4.78, 5) is 36.6. The lowest BCUT2D eigenvalue weighted by molar-refractivity contribution is -0.122. The number of carbonyl (C=O) groups is 1. The van der Waals surface area contributed by atoms with E-state index in [1.165, 1.54) is 10.4 Å². The molecule has 0 aromatic carbocycles. The van der Waals surface area contributed by atoms with Crippen LogP contribution in [0.1, 0.15) is 56.4 Å². The molecule has 26 heavy (non-hydrogen) atoms. The van der Waals surface area contributed by atoms with Gasteiger partial charge in [0, 0.05) is 11.4 Å². The summed E-state index contributed by atoms with van der Waals surface area (Å²) in [5, 5.41) is 3.60. The molecule has 0 fully saturated rings. The molecule has 2 atom stereocenters. The maximum Gasteiger partial charge on any atom is 0.259 e. The monoisotopic (exact) mass is 376 g/mol. The molecule has 2 aromatic heterocycles. The van der Waals surface area contributed by atoms with Gasteiger partial charge in [0.2, 0.25) is 5.91 Å². The van der Waals surface area contributed by atoms with Crippen molar-refractivity contribution < 1.29 is 4.79 Å². The Morgan fingerprint density at radius 3 is 2.92 bits per heavy atom. The molecule has 1 aliphatic carbocycles. The van der Waals surface area contributed by atoms with Crippen LogP contribution in [0, 0.1) is 5.92 Å². The first kappa shape index (κ1) is 19.0. The molecule has 7 heteroatoms. The minimum absolute atomic E-state index is 0.00907. The number of nitrogens with one attached hydrogen (secondary N) is 2. The van der Waals surface area contributed by atoms with Crippen LogP contribution in [0.2, 0.25) is 0 Å². The summed E-state index contributed by atoms with van der Waals surface area (Å²) in [6.07, 6.45) is 3.14. The van der Waals surface area contributed by atoms with Crippen LogP contribution in [0.3, 0.4) is 0 Å². The summed E-state index contributed by atoms with van der Waals surface area (Å²) in [5.74, 6) is 1.30. The van der Waals surface area contributed by atoms with Crippen molar-refractivity contribution in [3.63, 3.8) is 0 Å². The number of aromatic amines is 1. The number of aryl methyl sites for hydroxylation is 1. The van der Waals surface area contributed by atoms with E-state index in [1.54, 1.807) is 11.3 Å². The zero-order valence-corrected chi connectivity index (χ0v) is 16.8. The lowest BCUT2D eigenvalue weighted by atomic mass is 9.89. The molecule has 0 unspecified atom stereocenters. The van der Waals surface area contributed by atoms with E-state index in [4.69, 9.17) is 4.98 Å². The second kappa shape index (κ2) is 7.88. The van der Waals surface area contributed by atoms with Crippen LogP contribution < -0.4 is 10.9 Å². The number of thiophene rings is 1. The minimum Gasteiger partial charge on any atom is -0.355 e. The van der Waals surface area contributed by atoms with E-state index >= 15 is 0 Å². The van der Waals surface area contributed by atoms with Crippen LogP contribution in [0.4, 0.5) is 0 Å². The number of H-pyrrole nitrogens is 1. The van der Waals surface area contributed by atoms with E-state index in [1.807, 2.05) is 25.7 Å². The molecule has 2 heterocycles. The third-order valence-electron chi connectivity index (χ3n) is 5.25. The average molecular weight is 377 g/mol. The highest BCUT2D eigenvalue weighted by atomic mass is 32.1. The fourth-order valence-corrected chi connectivity index (χ4v) is 5.09. The molecule has 0 bridgehead atoms. The second-order valence-corrected chi connectivity index (χ2v) is 8.26. The van der Waals surface area contributed by atoms with Crippen LogP contribution in [-0.2, 0) is 17.6 Å². The van der Waals surface area contributed by atoms with Gasteiger partial charge < -0.3 is 10.3 Å². The van der Waals surface area contributed by atoms with Gasteiger partial charge in [0.05, 0.1) is 18.0 Å². The Morgan fingerprint density at radius 1 is 1.46 bits per heavy atom. The molecule has 0 spiro atoms. The molecule has 2 aromatic rings. The largest absolute Gasteiger partial charge is 0.355 e. The van der Waals surface area contributed by atoms with Gasteiger partial charge in [0.25, 0.3) is 5.56 Å². The van der Waals surface area contributed by atoms with Crippen molar-refractivity contribution in [2.75, 3.05) is 19.6 Å². The Kier molecular flexibility index (Phi) is 5.77. The lowest BCUT2D eigenvalue weighted by Crippen LogP contribution is -2.39. The maximum absolute atomic E-state index is 12.8. The number of nitrogens with zero attached hydrogens (tertiary/aromatic N) is 2. The molecule has 6 nitrogen and oxygen atoms in total. The number of hydrogen-bond donors (Lipinski definition) is 2. The van der Waals surface area contributed by atoms with E-state index in [2.05, 4.69) is 17.2 Å². The first-order valence-electron chi connectivity index (χ1n) is 9.49. The van der Waals surface area contributed by atoms with E-state index < -0.39 is 0 Å². The normalized spacial score (nSPS) is 18.1. The van der Waals surface area contributed by atoms with E-state index in [0.29, 0.717) is 31.4 Å². The van der Waals surface area contributed by atoms with Crippen molar-refractivity contribution in [2.45, 2.75) is 53.0 Å². The molecule has 2 N–H and O–H groups in total. The zero-order chi connectivity index (χ0) is 18.8. The van der Waals surface area contributed by atoms with Crippen molar-refractivity contribution in [3.8, 4) is 0 Å². The summed E-state index contributed by atoms with van der Waals surface area (Å²) < 4.78 is 0. The van der Waals surface area contributed by atoms with Crippen molar-refractivity contribution >= 4 is 27.5 Å². The smallest absolute Gasteiger partial charge is 0.259 e. The quantitative estimate of drug-likeness (QED) is 0.812. The summed E-state index contributed by atoms with van der Waals surface area (Å²) >= 11 is 1.66. The molecule has 0 aliphatic heterocycles. The Labute approximate surface area is 158 Å². The average Bonchev–Trinajstić information content (AvgIpc) is 2.96. The van der Waals surface area contributed by atoms with Crippen molar-refractivity contribution in [2.24, 2.45) is 5.92 Å². The van der Waals surface area contributed by atoms with Gasteiger partial charge in [-0.05, 0) is 51.1 Å². The highest BCUT2D eigenvalue weighted by Gasteiger charge is 2.25. The first-order valence-corrected chi connectivity index (χ1v) is 10.3. The number of rotatable bonds is 6. The van der Waals surface area contributed by atoms with Crippen molar-refractivity contribution in [3.05, 3.63) is 26.6 Å². The molecule has 1 amide bonds. The highest BCUT2D eigenvalue weighted by molar-refractivity contribution is 7.18. The van der Waals surface area contributed by atoms with Crippen LogP contribution >= 0.6 is 11.3 Å². The summed E-state index contributed by atoms with van der Waals surface area (Å²) in [6.45, 7) is 9.79. The van der Waals surface area contributed by atoms with Gasteiger partial charge in [-0.25, -0.2) is 4.98 Å². The van der Waals surface area contributed by atoms with Gasteiger partial charge >= 0.3 is 0 Å². The van der Waals surface area contributed by atoms with Crippen molar-refractivity contribution in [1.29, 1.82) is 0 Å². The Balaban J connectivity index is 1.92. The summed E-state index contributed by atoms with van der Waals surface area (Å²) in [5.41, 5.74) is 1.16. The minimum atomic E-state index is -0.127. The van der Waals surface area contributed by atoms with Crippen LogP contribution in [-0.4, -0.2) is 40.4 Å². The molecule has 0 saturated carbocycles. The third-order valence-corrected chi connectivity index (χ3v) is 6.40. The van der Waals surface area contributed by atoms with Crippen molar-refractivity contribution in [1.82, 2.24) is 20.2 Å². The lowest BCUT2D eigenvalue weighted by Gasteiger charge is -2.26. The van der Waals surface area contributed by atoms with Gasteiger partial charge in [0.1, 0.15) is 10.7 Å². The molecule has 3 rings (SSSR count). The number of carbonyl (C=O) groups excluding carboxylic acids is 1. The second-order valence-electron chi connectivity index (χ2n) is 7.18. The van der Waals surface area contributed by atoms with Crippen LogP contribution in [0.15, 0.2) is 4.79 Å². The Morgan fingerprint density at radius 2 is 2.23 bits per heavy atom. The van der Waals surface area contributed by atoms with E-state index in [9.17, 15) is 9.59 Å². The molecular formula is C19H28N4O2S. The van der Waals surface area contributed by atoms with Gasteiger partial charge in [-0.3, -0.25) is 14.5 Å². The molecule has 1 aliphatic rings. The molecular weight excluding hydrogens is 348 g/mol. The topological polar surface area (TPSA) is 78.1 Å². The number of aromatic nitrogens is 2. The molecule has 142 valence electrons. The maximum atomic E-state index is 12.8. The Bertz CT molecular complexity index is 857. The van der Waals surface area contributed by atoms with E-state index in [-0.39, 0.29) is 17.5 Å². The van der Waals surface area contributed by atoms with Gasteiger partial charge in [-0.1, -0.05) is 13.8 Å². The number of amides is 1. The number of hydrogen-bond acceptors (Lipinski definition) is 5. The fraction of sp³-hybridized carbons (Fsp3) is 0.632. The molecule has 0 radical (unpaired) electrons. The van der Waals surface area contributed by atoms with Gasteiger partial charge in [-0.15, -0.1) is 11.3 Å². The predicted octanol–water partition coefficient (Wildman–Crippen LogP) is 2.63. The third kappa shape index (κ3) is 3.69. The Hall–Kier alpha value is -1.73. The van der Waals surface area contributed by atoms with E-state index in [0.717, 1.165) is 29.5 Å². The van der Waals surface area contributed by atoms with Crippen LogP contribution in [0.25, 0.3) is 10.2 Å². The first-order chi connectivity index (χ1) is 12.4. The van der Waals surface area contributed by atoms with Gasteiger partial charge in [0.15, 0.2) is 0 Å². The standard InChI is InChI=1S/C19H28N4O2S/c1-5-20-15(24)10-23(6-2)12(4)17-21-18(25)16-13-8-7-11(3)9-14(13)26-19(16)22-17/h11-12H,5-10H2,1-4H3,(H,20,24)(H,21,22,25)/t11-,12+/m1/s1. The summed E-state index contributed by atoms with van der Waals surface area (Å²) in [7, 11) is 0. The summed E-state index contributed by atoms with van der Waals surface area (Å²) in [6, 6.07) is -0.127. The fourth-order valence-electron chi connectivity index (χ4n) is 3.70. The highest BCUT2D eigenvalue weighted by Crippen LogP contribution is 2.36. The number of fused-ring (bicyclic) bond motifs is 3. The predicted molar refractivity (Wildman–Crippen MR) is 106 cm³/mol. The van der Waals surface area contributed by atoms with Gasteiger partial charge in [-0.2, -0.15) is 0 Å². The number of likely N-dealkylation sites (N-methyl/N-ethyl adjacent to an activating group) is 2. The SMILES string of the molecule is CCNC(=O)CN(CC)[C@@H](C)c1nc2sc3c(c2c(=O)[nH]1)CC[C@@H](C)C3.